The van der Waals surface area contributed by atoms with Crippen LogP contribution in [0.2, 0.25) is 0 Å². The first kappa shape index (κ1) is 9.32. The third-order valence-electron chi connectivity index (χ3n) is 2.09. The van der Waals surface area contributed by atoms with Crippen molar-refractivity contribution in [2.45, 2.75) is 0 Å². The largest absolute Gasteiger partial charge is 0.477 e. The van der Waals surface area contributed by atoms with Crippen molar-refractivity contribution in [1.82, 2.24) is 14.5 Å². The molecule has 0 aliphatic rings. The lowest BCUT2D eigenvalue weighted by Gasteiger charge is -2.04. The average Bonchev–Trinajstić information content (AvgIpc) is 2.23. The summed E-state index contributed by atoms with van der Waals surface area (Å²) in [6, 6.07) is 1.33. The molecule has 0 saturated heterocycles. The van der Waals surface area contributed by atoms with Gasteiger partial charge in [-0.2, -0.15) is 0 Å². The molecule has 0 aliphatic carbocycles. The molecule has 15 heavy (non-hydrogen) atoms. The molecule has 0 bridgehead atoms. The summed E-state index contributed by atoms with van der Waals surface area (Å²) < 4.78 is 1.04. The predicted octanol–water partition coefficient (Wildman–Crippen LogP) is 0.0267. The summed E-state index contributed by atoms with van der Waals surface area (Å²) in [5, 5.41) is 8.84. The van der Waals surface area contributed by atoms with Gasteiger partial charge in [0.2, 0.25) is 0 Å². The summed E-state index contributed by atoms with van der Waals surface area (Å²) in [5.74, 6) is -1.16. The number of aromatic carboxylic acids is 1. The smallest absolute Gasteiger partial charge is 0.352 e. The van der Waals surface area contributed by atoms with E-state index in [0.29, 0.717) is 0 Å². The lowest BCUT2D eigenvalue weighted by atomic mass is 10.3. The third-order valence-corrected chi connectivity index (χ3v) is 2.09. The van der Waals surface area contributed by atoms with Crippen molar-refractivity contribution in [1.29, 1.82) is 0 Å². The molecule has 0 amide bonds. The number of pyridine rings is 1. The molecule has 2 aromatic rings. The molecule has 2 rings (SSSR count). The van der Waals surface area contributed by atoms with E-state index >= 15 is 0 Å². The molecule has 6 heteroatoms. The van der Waals surface area contributed by atoms with Crippen LogP contribution in [-0.4, -0.2) is 25.6 Å². The lowest BCUT2D eigenvalue weighted by Crippen LogP contribution is -2.24. The van der Waals surface area contributed by atoms with E-state index < -0.39 is 11.5 Å². The van der Waals surface area contributed by atoms with Crippen molar-refractivity contribution in [3.05, 3.63) is 34.5 Å². The van der Waals surface area contributed by atoms with Crippen molar-refractivity contribution in [2.75, 3.05) is 0 Å². The molecular formula is C9H7N3O3. The number of rotatable bonds is 1. The van der Waals surface area contributed by atoms with Crippen LogP contribution in [-0.2, 0) is 7.05 Å². The monoisotopic (exact) mass is 205 g/mol. The molecule has 2 heterocycles. The maximum atomic E-state index is 11.7. The molecule has 2 aromatic heterocycles. The van der Waals surface area contributed by atoms with Crippen molar-refractivity contribution in [2.24, 2.45) is 7.05 Å². The van der Waals surface area contributed by atoms with Gasteiger partial charge in [-0.05, 0) is 6.07 Å². The van der Waals surface area contributed by atoms with Crippen LogP contribution in [0.5, 0.6) is 0 Å². The Morgan fingerprint density at radius 3 is 2.73 bits per heavy atom. The summed E-state index contributed by atoms with van der Waals surface area (Å²) in [7, 11) is 1.39. The van der Waals surface area contributed by atoms with Crippen molar-refractivity contribution in [3.63, 3.8) is 0 Å². The zero-order valence-electron chi connectivity index (χ0n) is 7.84. The minimum absolute atomic E-state index is 0.104. The number of hydrogen-bond acceptors (Lipinski definition) is 4. The Morgan fingerprint density at radius 1 is 1.40 bits per heavy atom. The SMILES string of the molecule is Cn1c(C(=O)O)cc2nccnc2c1=O. The molecule has 76 valence electrons. The van der Waals surface area contributed by atoms with Gasteiger partial charge in [-0.1, -0.05) is 0 Å². The van der Waals surface area contributed by atoms with Gasteiger partial charge in [0.05, 0.1) is 5.52 Å². The van der Waals surface area contributed by atoms with E-state index in [0.717, 1.165) is 4.57 Å². The molecular weight excluding hydrogens is 198 g/mol. The van der Waals surface area contributed by atoms with E-state index in [1.807, 2.05) is 0 Å². The van der Waals surface area contributed by atoms with Crippen LogP contribution in [0.1, 0.15) is 10.5 Å². The van der Waals surface area contributed by atoms with Crippen LogP contribution in [0.25, 0.3) is 11.0 Å². The van der Waals surface area contributed by atoms with Crippen LogP contribution < -0.4 is 5.56 Å². The quantitative estimate of drug-likeness (QED) is 0.709. The molecule has 0 aromatic carbocycles. The van der Waals surface area contributed by atoms with Crippen LogP contribution >= 0.6 is 0 Å². The van der Waals surface area contributed by atoms with Gasteiger partial charge in [0.25, 0.3) is 5.56 Å². The first-order valence-electron chi connectivity index (χ1n) is 4.15. The molecule has 0 radical (unpaired) electrons. The highest BCUT2D eigenvalue weighted by atomic mass is 16.4. The predicted molar refractivity (Wildman–Crippen MR) is 51.7 cm³/mol. The van der Waals surface area contributed by atoms with Gasteiger partial charge in [-0.25, -0.2) is 9.78 Å². The van der Waals surface area contributed by atoms with E-state index in [-0.39, 0.29) is 16.7 Å². The Kier molecular flexibility index (Phi) is 1.96. The summed E-state index contributed by atoms with van der Waals surface area (Å²) >= 11 is 0. The van der Waals surface area contributed by atoms with Crippen LogP contribution in [0.15, 0.2) is 23.3 Å². The molecule has 0 saturated carbocycles. The summed E-state index contributed by atoms with van der Waals surface area (Å²) in [4.78, 5) is 30.2. The van der Waals surface area contributed by atoms with Gasteiger partial charge in [-0.15, -0.1) is 0 Å². The summed E-state index contributed by atoms with van der Waals surface area (Å²) in [6.45, 7) is 0. The molecule has 0 aliphatic heterocycles. The Hall–Kier alpha value is -2.24. The van der Waals surface area contributed by atoms with Gasteiger partial charge in [0.1, 0.15) is 5.69 Å². The second-order valence-corrected chi connectivity index (χ2v) is 2.99. The highest BCUT2D eigenvalue weighted by molar-refractivity contribution is 5.89. The fourth-order valence-electron chi connectivity index (χ4n) is 1.32. The number of aromatic nitrogens is 3. The number of carboxylic acid groups (broad SMARTS) is 1. The van der Waals surface area contributed by atoms with Crippen LogP contribution in [0.3, 0.4) is 0 Å². The van der Waals surface area contributed by atoms with E-state index in [4.69, 9.17) is 5.11 Å². The molecule has 1 N–H and O–H groups in total. The van der Waals surface area contributed by atoms with Gasteiger partial charge >= 0.3 is 5.97 Å². The van der Waals surface area contributed by atoms with Crippen molar-refractivity contribution >= 4 is 17.0 Å². The molecule has 0 spiro atoms. The summed E-state index contributed by atoms with van der Waals surface area (Å²) in [5.41, 5.74) is -0.103. The molecule has 0 fully saturated rings. The normalized spacial score (nSPS) is 10.5. The average molecular weight is 205 g/mol. The van der Waals surface area contributed by atoms with E-state index in [1.54, 1.807) is 0 Å². The van der Waals surface area contributed by atoms with E-state index in [1.165, 1.54) is 25.5 Å². The molecule has 0 unspecified atom stereocenters. The van der Waals surface area contributed by atoms with Gasteiger partial charge < -0.3 is 9.67 Å². The Labute approximate surface area is 83.8 Å². The van der Waals surface area contributed by atoms with Gasteiger partial charge in [-0.3, -0.25) is 9.78 Å². The zero-order chi connectivity index (χ0) is 11.0. The minimum atomic E-state index is -1.16. The lowest BCUT2D eigenvalue weighted by molar-refractivity contribution is 0.0685. The second kappa shape index (κ2) is 3.16. The number of carboxylic acids is 1. The minimum Gasteiger partial charge on any atom is -0.477 e. The van der Waals surface area contributed by atoms with Gasteiger partial charge in [0, 0.05) is 19.4 Å². The highest BCUT2D eigenvalue weighted by Crippen LogP contribution is 2.05. The zero-order valence-corrected chi connectivity index (χ0v) is 7.84. The number of nitrogens with zero attached hydrogens (tertiary/aromatic N) is 3. The molecule has 6 nitrogen and oxygen atoms in total. The second-order valence-electron chi connectivity index (χ2n) is 2.99. The van der Waals surface area contributed by atoms with Crippen molar-refractivity contribution < 1.29 is 9.90 Å². The topological polar surface area (TPSA) is 85.1 Å². The summed E-state index contributed by atoms with van der Waals surface area (Å²) in [6.07, 6.45) is 2.80. The Balaban J connectivity index is 2.95. The third kappa shape index (κ3) is 1.35. The maximum Gasteiger partial charge on any atom is 0.352 e. The maximum absolute atomic E-state index is 11.7. The number of carbonyl (C=O) groups is 1. The first-order chi connectivity index (χ1) is 7.11. The van der Waals surface area contributed by atoms with Crippen LogP contribution in [0.4, 0.5) is 0 Å². The number of hydrogen-bond donors (Lipinski definition) is 1. The number of fused-ring (bicyclic) bond motifs is 1. The van der Waals surface area contributed by atoms with Gasteiger partial charge in [0.15, 0.2) is 5.52 Å². The fraction of sp³-hybridized carbons (Fsp3) is 0.111. The Bertz CT molecular complexity index is 603. The van der Waals surface area contributed by atoms with E-state index in [2.05, 4.69) is 9.97 Å². The van der Waals surface area contributed by atoms with Crippen LogP contribution in [0, 0.1) is 0 Å². The first-order valence-corrected chi connectivity index (χ1v) is 4.15. The van der Waals surface area contributed by atoms with E-state index in [9.17, 15) is 9.59 Å². The molecule has 0 atom stereocenters. The Morgan fingerprint density at radius 2 is 2.07 bits per heavy atom. The van der Waals surface area contributed by atoms with Crippen molar-refractivity contribution in [3.8, 4) is 0 Å². The fourth-order valence-corrected chi connectivity index (χ4v) is 1.32. The highest BCUT2D eigenvalue weighted by Gasteiger charge is 2.12. The standard InChI is InChI=1S/C9H7N3O3/c1-12-6(9(14)15)4-5-7(8(12)13)11-3-2-10-5/h2-4H,1H3,(H,14,15).